The molecule has 0 spiro atoms. The van der Waals surface area contributed by atoms with Crippen molar-refractivity contribution in [2.45, 2.75) is 51.6 Å². The average Bonchev–Trinajstić information content (AvgIpc) is 3.13. The molecule has 2 aromatic carbocycles. The van der Waals surface area contributed by atoms with Crippen LogP contribution in [0.4, 0.5) is 4.79 Å². The van der Waals surface area contributed by atoms with E-state index in [2.05, 4.69) is 22.5 Å². The summed E-state index contributed by atoms with van der Waals surface area (Å²) in [6.07, 6.45) is -0.436. The third-order valence-corrected chi connectivity index (χ3v) is 5.76. The third-order valence-electron chi connectivity index (χ3n) is 5.76. The first-order chi connectivity index (χ1) is 16.3. The first-order valence-corrected chi connectivity index (χ1v) is 11.4. The predicted molar refractivity (Wildman–Crippen MR) is 129 cm³/mol. The molecule has 1 aliphatic carbocycles. The lowest BCUT2D eigenvalue weighted by molar-refractivity contribution is -0.142. The van der Waals surface area contributed by atoms with Crippen LogP contribution < -0.4 is 10.6 Å². The number of hydrogen-bond donors (Lipinski definition) is 3. The monoisotopic (exact) mass is 462 g/mol. The summed E-state index contributed by atoms with van der Waals surface area (Å²) in [5.41, 5.74) is 4.40. The molecule has 0 aromatic heterocycles. The van der Waals surface area contributed by atoms with Gasteiger partial charge in [0.25, 0.3) is 0 Å². The molecule has 3 rings (SSSR count). The van der Waals surface area contributed by atoms with Crippen molar-refractivity contribution in [3.63, 3.8) is 0 Å². The number of benzene rings is 2. The normalized spacial score (nSPS) is 13.6. The Labute approximate surface area is 199 Å². The number of carbonyl (C=O) groups is 3. The van der Waals surface area contributed by atoms with E-state index in [1.807, 2.05) is 62.4 Å². The van der Waals surface area contributed by atoms with E-state index in [1.54, 1.807) is 6.92 Å². The molecule has 2 unspecified atom stereocenters. The molecule has 0 saturated heterocycles. The van der Waals surface area contributed by atoms with Gasteiger partial charge in [0.1, 0.15) is 18.7 Å². The molecule has 178 valence electrons. The molecule has 2 amide bonds. The quantitative estimate of drug-likeness (QED) is 0.490. The van der Waals surface area contributed by atoms with Crippen LogP contribution in [0.25, 0.3) is 11.1 Å². The summed E-state index contributed by atoms with van der Waals surface area (Å²) in [7, 11) is 0. The molecule has 0 fully saturated rings. The molecule has 2 aromatic rings. The van der Waals surface area contributed by atoms with Gasteiger partial charge >= 0.3 is 12.1 Å². The Morgan fingerprint density at radius 3 is 2.09 bits per heavy atom. The van der Waals surface area contributed by atoms with E-state index in [4.69, 9.17) is 4.74 Å². The number of aliphatic carboxylic acids is 1. The maximum atomic E-state index is 12.8. The molecule has 34 heavy (non-hydrogen) atoms. The number of carbonyl (C=O) groups excluding carboxylic acids is 2. The number of rotatable bonds is 9. The standard InChI is InChI=1S/C27H30N2O5/c1-4-5-14-23(25(30)28-24(26(31)32)15-17(2)3)29-27(33)34-16-22-20-12-8-6-10-18(20)19-11-7-9-13-21(19)22/h6-13,17,22-24H,14-16H2,1-3H3,(H,28,30)(H,29,33)(H,31,32). The fourth-order valence-corrected chi connectivity index (χ4v) is 4.16. The van der Waals surface area contributed by atoms with Crippen molar-refractivity contribution in [1.29, 1.82) is 0 Å². The van der Waals surface area contributed by atoms with Crippen molar-refractivity contribution < 1.29 is 24.2 Å². The number of hydrogen-bond acceptors (Lipinski definition) is 4. The number of nitrogens with one attached hydrogen (secondary N) is 2. The van der Waals surface area contributed by atoms with Crippen molar-refractivity contribution in [3.05, 3.63) is 59.7 Å². The molecule has 0 bridgehead atoms. The summed E-state index contributed by atoms with van der Waals surface area (Å²) in [5, 5.41) is 14.5. The van der Waals surface area contributed by atoms with E-state index in [-0.39, 0.29) is 31.3 Å². The Kier molecular flexibility index (Phi) is 8.31. The highest BCUT2D eigenvalue weighted by molar-refractivity contribution is 5.89. The maximum absolute atomic E-state index is 12.8. The Hall–Kier alpha value is -3.79. The Bertz CT molecular complexity index is 1070. The van der Waals surface area contributed by atoms with E-state index in [0.29, 0.717) is 0 Å². The highest BCUT2D eigenvalue weighted by atomic mass is 16.5. The van der Waals surface area contributed by atoms with Crippen molar-refractivity contribution in [1.82, 2.24) is 10.6 Å². The van der Waals surface area contributed by atoms with Crippen molar-refractivity contribution in [3.8, 4) is 23.0 Å². The van der Waals surface area contributed by atoms with Crippen molar-refractivity contribution >= 4 is 18.0 Å². The number of ether oxygens (including phenoxy) is 1. The third kappa shape index (κ3) is 5.96. The van der Waals surface area contributed by atoms with Crippen LogP contribution in [0.1, 0.15) is 50.7 Å². The number of amides is 2. The fraction of sp³-hybridized carbons (Fsp3) is 0.370. The first-order valence-electron chi connectivity index (χ1n) is 11.4. The fourth-order valence-electron chi connectivity index (χ4n) is 4.16. The lowest BCUT2D eigenvalue weighted by atomic mass is 9.98. The molecular weight excluding hydrogens is 432 g/mol. The van der Waals surface area contributed by atoms with Gasteiger partial charge < -0.3 is 20.5 Å². The highest BCUT2D eigenvalue weighted by Gasteiger charge is 2.30. The van der Waals surface area contributed by atoms with Crippen LogP contribution in [-0.2, 0) is 14.3 Å². The summed E-state index contributed by atoms with van der Waals surface area (Å²) >= 11 is 0. The van der Waals surface area contributed by atoms with Gasteiger partial charge in [0.2, 0.25) is 5.91 Å². The summed E-state index contributed by atoms with van der Waals surface area (Å²) in [6, 6.07) is 13.9. The van der Waals surface area contributed by atoms with Gasteiger partial charge in [0, 0.05) is 12.3 Å². The minimum absolute atomic E-state index is 0.0422. The maximum Gasteiger partial charge on any atom is 0.407 e. The lowest BCUT2D eigenvalue weighted by Crippen LogP contribution is -2.52. The van der Waals surface area contributed by atoms with E-state index in [1.165, 1.54) is 0 Å². The van der Waals surface area contributed by atoms with Crippen LogP contribution in [0.2, 0.25) is 0 Å². The molecule has 3 N–H and O–H groups in total. The topological polar surface area (TPSA) is 105 Å². The van der Waals surface area contributed by atoms with Gasteiger partial charge in [0.05, 0.1) is 0 Å². The van der Waals surface area contributed by atoms with Crippen LogP contribution in [0.5, 0.6) is 0 Å². The van der Waals surface area contributed by atoms with Gasteiger partial charge in [-0.05, 0) is 41.5 Å². The second-order valence-corrected chi connectivity index (χ2v) is 8.68. The van der Waals surface area contributed by atoms with Gasteiger partial charge in [0.15, 0.2) is 0 Å². The van der Waals surface area contributed by atoms with E-state index in [0.717, 1.165) is 22.3 Å². The van der Waals surface area contributed by atoms with Crippen LogP contribution in [0.15, 0.2) is 48.5 Å². The summed E-state index contributed by atoms with van der Waals surface area (Å²) in [5.74, 6) is 3.70. The van der Waals surface area contributed by atoms with Gasteiger partial charge in [-0.2, -0.15) is 0 Å². The SMILES string of the molecule is CC#CCC(NC(=O)OCC1c2ccccc2-c2ccccc21)C(=O)NC(CC(C)C)C(=O)O. The van der Waals surface area contributed by atoms with Gasteiger partial charge in [-0.3, -0.25) is 4.79 Å². The molecule has 0 saturated carbocycles. The molecule has 0 aliphatic heterocycles. The van der Waals surface area contributed by atoms with E-state index < -0.39 is 30.1 Å². The first kappa shape index (κ1) is 24.8. The molecule has 7 heteroatoms. The average molecular weight is 463 g/mol. The summed E-state index contributed by atoms with van der Waals surface area (Å²) < 4.78 is 5.52. The molecule has 7 nitrogen and oxygen atoms in total. The summed E-state index contributed by atoms with van der Waals surface area (Å²) in [6.45, 7) is 5.48. The molecule has 2 atom stereocenters. The second-order valence-electron chi connectivity index (χ2n) is 8.68. The molecular formula is C27H30N2O5. The lowest BCUT2D eigenvalue weighted by Gasteiger charge is -2.21. The van der Waals surface area contributed by atoms with Crippen molar-refractivity contribution in [2.75, 3.05) is 6.61 Å². The van der Waals surface area contributed by atoms with Crippen LogP contribution >= 0.6 is 0 Å². The van der Waals surface area contributed by atoms with Gasteiger partial charge in [-0.1, -0.05) is 62.4 Å². The minimum Gasteiger partial charge on any atom is -0.480 e. The zero-order chi connectivity index (χ0) is 24.7. The molecule has 0 radical (unpaired) electrons. The van der Waals surface area contributed by atoms with Crippen molar-refractivity contribution in [2.24, 2.45) is 5.92 Å². The van der Waals surface area contributed by atoms with Gasteiger partial charge in [-0.15, -0.1) is 11.8 Å². The summed E-state index contributed by atoms with van der Waals surface area (Å²) in [4.78, 5) is 36.9. The van der Waals surface area contributed by atoms with E-state index in [9.17, 15) is 19.5 Å². The van der Waals surface area contributed by atoms with Crippen LogP contribution in [0, 0.1) is 17.8 Å². The van der Waals surface area contributed by atoms with Crippen LogP contribution in [-0.4, -0.2) is 41.8 Å². The Balaban J connectivity index is 1.67. The smallest absolute Gasteiger partial charge is 0.407 e. The van der Waals surface area contributed by atoms with E-state index >= 15 is 0 Å². The number of carboxylic acid groups (broad SMARTS) is 1. The Morgan fingerprint density at radius 1 is 0.971 bits per heavy atom. The number of alkyl carbamates (subject to hydrolysis) is 1. The predicted octanol–water partition coefficient (Wildman–Crippen LogP) is 3.92. The second kappa shape index (κ2) is 11.4. The molecule has 1 aliphatic rings. The Morgan fingerprint density at radius 2 is 1.56 bits per heavy atom. The zero-order valence-corrected chi connectivity index (χ0v) is 19.6. The highest BCUT2D eigenvalue weighted by Crippen LogP contribution is 2.44. The van der Waals surface area contributed by atoms with Gasteiger partial charge in [-0.25, -0.2) is 9.59 Å². The van der Waals surface area contributed by atoms with Crippen LogP contribution in [0.3, 0.4) is 0 Å². The minimum atomic E-state index is -1.12. The largest absolute Gasteiger partial charge is 0.480 e. The number of fused-ring (bicyclic) bond motifs is 3. The molecule has 0 heterocycles. The zero-order valence-electron chi connectivity index (χ0n) is 19.6. The number of carboxylic acids is 1.